The topological polar surface area (TPSA) is 98.3 Å². The first-order valence-corrected chi connectivity index (χ1v) is 8.29. The molecule has 2 rings (SSSR count). The summed E-state index contributed by atoms with van der Waals surface area (Å²) in [6, 6.07) is 9.14. The summed E-state index contributed by atoms with van der Waals surface area (Å²) in [6.07, 6.45) is 0. The predicted molar refractivity (Wildman–Crippen MR) is 105 cm³/mol. The second-order valence-electron chi connectivity index (χ2n) is 6.51. The molecule has 2 aromatic carbocycles. The molecule has 1 atom stereocenters. The first-order chi connectivity index (χ1) is 12.2. The van der Waals surface area contributed by atoms with Gasteiger partial charge in [0.25, 0.3) is 11.6 Å². The highest BCUT2D eigenvalue weighted by Crippen LogP contribution is 2.25. The summed E-state index contributed by atoms with van der Waals surface area (Å²) in [6.45, 7) is 5.64. The molecule has 0 aliphatic carbocycles. The van der Waals surface area contributed by atoms with Crippen LogP contribution in [0.2, 0.25) is 0 Å². The van der Waals surface area contributed by atoms with Crippen molar-refractivity contribution in [2.45, 2.75) is 32.7 Å². The van der Waals surface area contributed by atoms with Gasteiger partial charge < -0.3 is 11.1 Å². The van der Waals surface area contributed by atoms with Crippen LogP contribution in [0.25, 0.3) is 0 Å². The Balaban J connectivity index is 0.00000364. The van der Waals surface area contributed by atoms with Crippen molar-refractivity contribution in [1.29, 1.82) is 0 Å². The zero-order chi connectivity index (χ0) is 19.4. The average Bonchev–Trinajstić information content (AvgIpc) is 2.58. The number of carbonyl (C=O) groups is 1. The number of amides is 1. The molecule has 27 heavy (non-hydrogen) atoms. The van der Waals surface area contributed by atoms with Gasteiger partial charge in [-0.1, -0.05) is 38.1 Å². The number of nitro groups is 1. The van der Waals surface area contributed by atoms with Crippen molar-refractivity contribution in [2.24, 2.45) is 5.73 Å². The normalized spacial score (nSPS) is 11.6. The number of nitrogens with two attached hydrogens (primary N) is 1. The van der Waals surface area contributed by atoms with Gasteiger partial charge in [-0.15, -0.1) is 12.4 Å². The minimum Gasteiger partial charge on any atom is -0.350 e. The van der Waals surface area contributed by atoms with Crippen molar-refractivity contribution in [3.05, 3.63) is 74.6 Å². The van der Waals surface area contributed by atoms with Crippen LogP contribution in [0.4, 0.5) is 10.1 Å². The van der Waals surface area contributed by atoms with Crippen molar-refractivity contribution >= 4 is 24.0 Å². The van der Waals surface area contributed by atoms with Gasteiger partial charge in [0.15, 0.2) is 0 Å². The van der Waals surface area contributed by atoms with E-state index in [1.807, 2.05) is 24.3 Å². The van der Waals surface area contributed by atoms with Crippen molar-refractivity contribution in [2.75, 3.05) is 6.54 Å². The van der Waals surface area contributed by atoms with Crippen LogP contribution in [-0.2, 0) is 0 Å². The summed E-state index contributed by atoms with van der Waals surface area (Å²) in [5.74, 6) is -1.03. The fourth-order valence-electron chi connectivity index (χ4n) is 2.69. The van der Waals surface area contributed by atoms with Gasteiger partial charge >= 0.3 is 0 Å². The van der Waals surface area contributed by atoms with Crippen LogP contribution in [0.3, 0.4) is 0 Å². The lowest BCUT2D eigenvalue weighted by Gasteiger charge is -2.15. The number of nitro benzene ring substituents is 1. The van der Waals surface area contributed by atoms with Crippen LogP contribution in [0.15, 0.2) is 36.4 Å². The number of nitrogens with zero attached hydrogens (tertiary/aromatic N) is 1. The SMILES string of the molecule is Cc1cc(F)cc(C(=O)NCC(N)c2ccc(C(C)C)cc2)c1[N+](=O)[O-].Cl. The molecule has 0 aliphatic rings. The maximum atomic E-state index is 13.6. The van der Waals surface area contributed by atoms with E-state index in [9.17, 15) is 19.3 Å². The van der Waals surface area contributed by atoms with E-state index in [1.54, 1.807) is 0 Å². The molecule has 6 nitrogen and oxygen atoms in total. The zero-order valence-corrected chi connectivity index (χ0v) is 16.2. The van der Waals surface area contributed by atoms with Crippen LogP contribution in [0.5, 0.6) is 0 Å². The molecule has 8 heteroatoms. The van der Waals surface area contributed by atoms with E-state index >= 15 is 0 Å². The molecule has 3 N–H and O–H groups in total. The third-order valence-corrected chi connectivity index (χ3v) is 4.21. The highest BCUT2D eigenvalue weighted by atomic mass is 35.5. The molecule has 0 saturated carbocycles. The lowest BCUT2D eigenvalue weighted by Crippen LogP contribution is -2.32. The molecule has 2 aromatic rings. The maximum absolute atomic E-state index is 13.6. The molecule has 1 unspecified atom stereocenters. The molecule has 0 bridgehead atoms. The predicted octanol–water partition coefficient (Wildman–Crippen LogP) is 4.02. The summed E-state index contributed by atoms with van der Waals surface area (Å²) >= 11 is 0. The lowest BCUT2D eigenvalue weighted by molar-refractivity contribution is -0.385. The second-order valence-corrected chi connectivity index (χ2v) is 6.51. The van der Waals surface area contributed by atoms with Gasteiger partial charge in [0.2, 0.25) is 0 Å². The highest BCUT2D eigenvalue weighted by Gasteiger charge is 2.24. The van der Waals surface area contributed by atoms with Gasteiger partial charge in [-0.05, 0) is 36.1 Å². The number of benzene rings is 2. The third-order valence-electron chi connectivity index (χ3n) is 4.21. The summed E-state index contributed by atoms with van der Waals surface area (Å²) in [7, 11) is 0. The Morgan fingerprint density at radius 1 is 1.22 bits per heavy atom. The molecule has 1 amide bonds. The third kappa shape index (κ3) is 5.48. The van der Waals surface area contributed by atoms with Crippen LogP contribution in [0.1, 0.15) is 52.9 Å². The first kappa shape index (κ1) is 22.5. The molecule has 0 aromatic heterocycles. The number of rotatable bonds is 6. The number of hydrogen-bond acceptors (Lipinski definition) is 4. The molecule has 146 valence electrons. The fraction of sp³-hybridized carbons (Fsp3) is 0.316. The molecule has 0 radical (unpaired) electrons. The monoisotopic (exact) mass is 395 g/mol. The Morgan fingerprint density at radius 3 is 2.30 bits per heavy atom. The lowest BCUT2D eigenvalue weighted by atomic mass is 9.99. The standard InChI is InChI=1S/C19H22FN3O3.ClH/c1-11(2)13-4-6-14(7-5-13)17(21)10-22-19(24)16-9-15(20)8-12(3)18(16)23(25)26;/h4-9,11,17H,10,21H2,1-3H3,(H,22,24);1H. The number of hydrogen-bond donors (Lipinski definition) is 2. The zero-order valence-electron chi connectivity index (χ0n) is 15.4. The summed E-state index contributed by atoms with van der Waals surface area (Å²) in [5, 5.41) is 13.7. The number of aryl methyl sites for hydroxylation is 1. The largest absolute Gasteiger partial charge is 0.350 e. The van der Waals surface area contributed by atoms with Gasteiger partial charge in [-0.2, -0.15) is 0 Å². The van der Waals surface area contributed by atoms with Crippen molar-refractivity contribution in [3.8, 4) is 0 Å². The molecule has 0 fully saturated rings. The smallest absolute Gasteiger partial charge is 0.285 e. The molecular weight excluding hydrogens is 373 g/mol. The van der Waals surface area contributed by atoms with E-state index in [-0.39, 0.29) is 30.1 Å². The Hall–Kier alpha value is -2.51. The number of nitrogens with one attached hydrogen (secondary N) is 1. The van der Waals surface area contributed by atoms with Gasteiger partial charge in [-0.3, -0.25) is 14.9 Å². The van der Waals surface area contributed by atoms with Crippen LogP contribution >= 0.6 is 12.4 Å². The first-order valence-electron chi connectivity index (χ1n) is 8.29. The molecule has 0 spiro atoms. The Kier molecular flexibility index (Phi) is 7.87. The highest BCUT2D eigenvalue weighted by molar-refractivity contribution is 5.98. The summed E-state index contributed by atoms with van der Waals surface area (Å²) < 4.78 is 13.6. The van der Waals surface area contributed by atoms with Crippen LogP contribution in [0, 0.1) is 22.9 Å². The van der Waals surface area contributed by atoms with E-state index in [4.69, 9.17) is 5.73 Å². The van der Waals surface area contributed by atoms with Crippen LogP contribution in [-0.4, -0.2) is 17.4 Å². The Labute approximate surface area is 163 Å². The second kappa shape index (κ2) is 9.43. The molecule has 0 heterocycles. The van der Waals surface area contributed by atoms with Crippen molar-refractivity contribution in [1.82, 2.24) is 5.32 Å². The molecule has 0 saturated heterocycles. The molecular formula is C19H23ClFN3O3. The Morgan fingerprint density at radius 2 is 1.78 bits per heavy atom. The summed E-state index contributed by atoms with van der Waals surface area (Å²) in [5.41, 5.74) is 7.47. The average molecular weight is 396 g/mol. The van der Waals surface area contributed by atoms with E-state index in [2.05, 4.69) is 19.2 Å². The minimum absolute atomic E-state index is 0. The quantitative estimate of drug-likeness (QED) is 0.570. The molecule has 0 aliphatic heterocycles. The van der Waals surface area contributed by atoms with Crippen molar-refractivity contribution in [3.63, 3.8) is 0 Å². The van der Waals surface area contributed by atoms with Gasteiger partial charge in [0.05, 0.1) is 4.92 Å². The fourth-order valence-corrected chi connectivity index (χ4v) is 2.69. The number of halogens is 2. The minimum atomic E-state index is -0.728. The van der Waals surface area contributed by atoms with E-state index < -0.39 is 28.4 Å². The van der Waals surface area contributed by atoms with Gasteiger partial charge in [0.1, 0.15) is 11.4 Å². The van der Waals surface area contributed by atoms with Crippen molar-refractivity contribution < 1.29 is 14.1 Å². The van der Waals surface area contributed by atoms with E-state index in [0.717, 1.165) is 17.7 Å². The summed E-state index contributed by atoms with van der Waals surface area (Å²) in [4.78, 5) is 22.8. The van der Waals surface area contributed by atoms with Gasteiger partial charge in [-0.25, -0.2) is 4.39 Å². The van der Waals surface area contributed by atoms with E-state index in [0.29, 0.717) is 5.92 Å². The van der Waals surface area contributed by atoms with Crippen LogP contribution < -0.4 is 11.1 Å². The maximum Gasteiger partial charge on any atom is 0.285 e. The van der Waals surface area contributed by atoms with Gasteiger partial charge in [0, 0.05) is 18.2 Å². The van der Waals surface area contributed by atoms with E-state index in [1.165, 1.54) is 12.5 Å². The Bertz CT molecular complexity index is 826. The number of carbonyl (C=O) groups excluding carboxylic acids is 1.